The third-order valence-electron chi connectivity index (χ3n) is 1.63. The Bertz CT molecular complexity index is 432. The van der Waals surface area contributed by atoms with E-state index in [0.717, 1.165) is 10.4 Å². The second-order valence-electron chi connectivity index (χ2n) is 2.62. The number of aromatic nitrogens is 1. The third kappa shape index (κ3) is 2.37. The van der Waals surface area contributed by atoms with Gasteiger partial charge in [-0.15, -0.1) is 0 Å². The zero-order valence-electron chi connectivity index (χ0n) is 7.53. The number of allylic oxidation sites excluding steroid dienone is 2. The summed E-state index contributed by atoms with van der Waals surface area (Å²) in [7, 11) is 0. The highest BCUT2D eigenvalue weighted by Gasteiger charge is 1.88. The lowest BCUT2D eigenvalue weighted by atomic mass is 10.2. The molecule has 0 saturated heterocycles. The van der Waals surface area contributed by atoms with E-state index in [9.17, 15) is 4.79 Å². The molecular formula is C11H11NO. The van der Waals surface area contributed by atoms with Crippen molar-refractivity contribution in [2.24, 2.45) is 0 Å². The van der Waals surface area contributed by atoms with Gasteiger partial charge in [-0.1, -0.05) is 24.8 Å². The number of nitrogens with zero attached hydrogens (tertiary/aromatic N) is 1. The molecule has 0 bridgehead atoms. The van der Waals surface area contributed by atoms with Gasteiger partial charge in [0.05, 0.1) is 0 Å². The van der Waals surface area contributed by atoms with Gasteiger partial charge >= 0.3 is 0 Å². The lowest BCUT2D eigenvalue weighted by molar-refractivity contribution is 0.111. The Kier molecular flexibility index (Phi) is 3.15. The third-order valence-corrected chi connectivity index (χ3v) is 1.63. The van der Waals surface area contributed by atoms with Crippen molar-refractivity contribution in [3.05, 3.63) is 40.5 Å². The Morgan fingerprint density at radius 3 is 2.85 bits per heavy atom. The van der Waals surface area contributed by atoms with Gasteiger partial charge in [0.15, 0.2) is 6.29 Å². The molecule has 2 nitrogen and oxygen atoms in total. The monoisotopic (exact) mass is 173 g/mol. The van der Waals surface area contributed by atoms with E-state index in [4.69, 9.17) is 0 Å². The number of aldehydes is 1. The van der Waals surface area contributed by atoms with Crippen LogP contribution in [0.5, 0.6) is 0 Å². The smallest absolute Gasteiger partial charge is 0.168 e. The zero-order chi connectivity index (χ0) is 9.68. The Morgan fingerprint density at radius 1 is 1.54 bits per heavy atom. The van der Waals surface area contributed by atoms with Crippen molar-refractivity contribution in [1.29, 1.82) is 0 Å². The van der Waals surface area contributed by atoms with Gasteiger partial charge in [-0.05, 0) is 23.4 Å². The maximum absolute atomic E-state index is 10.4. The maximum Gasteiger partial charge on any atom is 0.168 e. The molecule has 0 aromatic carbocycles. The molecule has 0 aliphatic rings. The standard InChI is InChI=1S/C11H11NO/c1-3-4-5-10-7-12-11(8-13)6-9(10)2/h3-8H,2H2,1H3/b4-3-,10-5-. The van der Waals surface area contributed by atoms with E-state index in [1.54, 1.807) is 12.3 Å². The predicted octanol–water partition coefficient (Wildman–Crippen LogP) is 0.661. The van der Waals surface area contributed by atoms with Crippen molar-refractivity contribution >= 4 is 18.9 Å². The SMILES string of the molecule is C=c1cc(C=O)nc/c1=C/C=C\C. The molecule has 0 spiro atoms. The summed E-state index contributed by atoms with van der Waals surface area (Å²) in [4.78, 5) is 14.3. The minimum atomic E-state index is 0.419. The van der Waals surface area contributed by atoms with Gasteiger partial charge in [-0.2, -0.15) is 0 Å². The maximum atomic E-state index is 10.4. The predicted molar refractivity (Wildman–Crippen MR) is 53.7 cm³/mol. The fraction of sp³-hybridized carbons (Fsp3) is 0.0909. The molecule has 0 N–H and O–H groups in total. The van der Waals surface area contributed by atoms with Gasteiger partial charge in [-0.25, -0.2) is 0 Å². The highest BCUT2D eigenvalue weighted by molar-refractivity contribution is 5.71. The summed E-state index contributed by atoms with van der Waals surface area (Å²) in [6, 6.07) is 1.67. The van der Waals surface area contributed by atoms with Gasteiger partial charge in [-0.3, -0.25) is 9.78 Å². The van der Waals surface area contributed by atoms with Crippen LogP contribution in [0.1, 0.15) is 17.4 Å². The van der Waals surface area contributed by atoms with Gasteiger partial charge in [0, 0.05) is 6.20 Å². The first-order valence-electron chi connectivity index (χ1n) is 4.01. The normalized spacial score (nSPS) is 12.2. The van der Waals surface area contributed by atoms with Gasteiger partial charge in [0.2, 0.25) is 0 Å². The number of rotatable bonds is 2. The fourth-order valence-electron chi connectivity index (χ4n) is 0.941. The molecule has 1 rings (SSSR count). The number of pyridine rings is 1. The van der Waals surface area contributed by atoms with E-state index < -0.39 is 0 Å². The topological polar surface area (TPSA) is 30.0 Å². The lowest BCUT2D eigenvalue weighted by Crippen LogP contribution is -2.24. The molecular weight excluding hydrogens is 162 g/mol. The molecule has 0 amide bonds. The molecule has 1 heterocycles. The molecule has 2 heteroatoms. The molecule has 13 heavy (non-hydrogen) atoms. The molecule has 1 aromatic heterocycles. The van der Waals surface area contributed by atoms with Crippen molar-refractivity contribution in [1.82, 2.24) is 4.98 Å². The summed E-state index contributed by atoms with van der Waals surface area (Å²) in [5.41, 5.74) is 0.419. The van der Waals surface area contributed by atoms with E-state index in [-0.39, 0.29) is 0 Å². The van der Waals surface area contributed by atoms with Crippen LogP contribution in [0.3, 0.4) is 0 Å². The molecule has 0 saturated carbocycles. The van der Waals surface area contributed by atoms with Crippen LogP contribution in [0.2, 0.25) is 0 Å². The summed E-state index contributed by atoms with van der Waals surface area (Å²) >= 11 is 0. The van der Waals surface area contributed by atoms with Gasteiger partial charge < -0.3 is 0 Å². The average Bonchev–Trinajstić information content (AvgIpc) is 2.16. The second-order valence-corrected chi connectivity index (χ2v) is 2.62. The zero-order valence-corrected chi connectivity index (χ0v) is 7.53. The highest BCUT2D eigenvalue weighted by Crippen LogP contribution is 1.78. The van der Waals surface area contributed by atoms with E-state index in [1.807, 2.05) is 25.2 Å². The lowest BCUT2D eigenvalue weighted by Gasteiger charge is -1.89. The van der Waals surface area contributed by atoms with Crippen molar-refractivity contribution in [3.63, 3.8) is 0 Å². The molecule has 0 aliphatic heterocycles. The fourth-order valence-corrected chi connectivity index (χ4v) is 0.941. The Balaban J connectivity index is 3.28. The summed E-state index contributed by atoms with van der Waals surface area (Å²) in [5, 5.41) is 1.75. The van der Waals surface area contributed by atoms with E-state index in [0.29, 0.717) is 12.0 Å². The largest absolute Gasteiger partial charge is 0.296 e. The van der Waals surface area contributed by atoms with Crippen LogP contribution >= 0.6 is 0 Å². The Hall–Kier alpha value is -1.70. The number of hydrogen-bond acceptors (Lipinski definition) is 2. The van der Waals surface area contributed by atoms with Crippen LogP contribution in [0.15, 0.2) is 24.4 Å². The van der Waals surface area contributed by atoms with Gasteiger partial charge in [0.1, 0.15) is 5.69 Å². The molecule has 1 aromatic rings. The average molecular weight is 173 g/mol. The second kappa shape index (κ2) is 4.36. The van der Waals surface area contributed by atoms with Crippen LogP contribution in [0, 0.1) is 0 Å². The summed E-state index contributed by atoms with van der Waals surface area (Å²) in [6.45, 7) is 5.75. The molecule has 0 atom stereocenters. The highest BCUT2D eigenvalue weighted by atomic mass is 16.1. The number of carbonyl (C=O) groups is 1. The summed E-state index contributed by atoms with van der Waals surface area (Å²) in [6.07, 6.45) is 8.10. The molecule has 66 valence electrons. The summed E-state index contributed by atoms with van der Waals surface area (Å²) in [5.74, 6) is 0. The van der Waals surface area contributed by atoms with Crippen molar-refractivity contribution < 1.29 is 4.79 Å². The van der Waals surface area contributed by atoms with E-state index in [1.165, 1.54) is 0 Å². The number of hydrogen-bond donors (Lipinski definition) is 0. The minimum absolute atomic E-state index is 0.419. The minimum Gasteiger partial charge on any atom is -0.296 e. The van der Waals surface area contributed by atoms with Crippen LogP contribution in [0.4, 0.5) is 0 Å². The van der Waals surface area contributed by atoms with Crippen molar-refractivity contribution in [2.75, 3.05) is 0 Å². The van der Waals surface area contributed by atoms with Crippen LogP contribution in [-0.2, 0) is 0 Å². The van der Waals surface area contributed by atoms with Crippen LogP contribution in [-0.4, -0.2) is 11.3 Å². The quantitative estimate of drug-likeness (QED) is 0.615. The van der Waals surface area contributed by atoms with E-state index in [2.05, 4.69) is 11.6 Å². The number of carbonyl (C=O) groups excluding carboxylic acids is 1. The molecule has 0 unspecified atom stereocenters. The van der Waals surface area contributed by atoms with Crippen LogP contribution in [0.25, 0.3) is 12.7 Å². The Labute approximate surface area is 76.9 Å². The van der Waals surface area contributed by atoms with E-state index >= 15 is 0 Å². The van der Waals surface area contributed by atoms with Crippen molar-refractivity contribution in [2.45, 2.75) is 6.92 Å². The van der Waals surface area contributed by atoms with Crippen LogP contribution < -0.4 is 10.4 Å². The first-order chi connectivity index (χ1) is 6.27. The molecule has 0 radical (unpaired) electrons. The van der Waals surface area contributed by atoms with Crippen molar-refractivity contribution in [3.8, 4) is 0 Å². The Morgan fingerprint density at radius 2 is 2.31 bits per heavy atom. The molecule has 0 aliphatic carbocycles. The summed E-state index contributed by atoms with van der Waals surface area (Å²) < 4.78 is 0. The van der Waals surface area contributed by atoms with Gasteiger partial charge in [0.25, 0.3) is 0 Å². The first-order valence-corrected chi connectivity index (χ1v) is 4.01. The first kappa shape index (κ1) is 9.39. The molecule has 0 fully saturated rings.